The summed E-state index contributed by atoms with van der Waals surface area (Å²) in [5.74, 6) is 0. The summed E-state index contributed by atoms with van der Waals surface area (Å²) < 4.78 is 0. The molecule has 0 aromatic rings. The Morgan fingerprint density at radius 3 is 1.00 bits per heavy atom. The smallest absolute Gasteiger partial charge is 1.00 e. The van der Waals surface area contributed by atoms with Crippen LogP contribution in [-0.2, 0) is 22.4 Å². The standard InChI is InChI=1S/C2H5O.4FH.Nb/c1-2-3;;;;;/h2H2,1H3;4*1H;/q-1;;;;;+5/p-4. The summed E-state index contributed by atoms with van der Waals surface area (Å²) in [5.41, 5.74) is 0. The zero-order valence-electron chi connectivity index (χ0n) is 4.07. The van der Waals surface area contributed by atoms with Crippen LogP contribution in [0.15, 0.2) is 0 Å². The monoisotopic (exact) mass is 214 g/mol. The molecule has 8 heavy (non-hydrogen) atoms. The molecule has 0 atom stereocenters. The second-order valence-corrected chi connectivity index (χ2v) is 0.289. The summed E-state index contributed by atoms with van der Waals surface area (Å²) in [6.07, 6.45) is 0. The van der Waals surface area contributed by atoms with E-state index >= 15 is 0 Å². The van der Waals surface area contributed by atoms with Crippen LogP contribution in [0, 0.1) is 0 Å². The van der Waals surface area contributed by atoms with E-state index in [0.29, 0.717) is 0 Å². The Morgan fingerprint density at radius 2 is 1.00 bits per heavy atom. The van der Waals surface area contributed by atoms with E-state index in [0.717, 1.165) is 0 Å². The fourth-order valence-corrected chi connectivity index (χ4v) is 0. The van der Waals surface area contributed by atoms with Crippen molar-refractivity contribution in [2.24, 2.45) is 0 Å². The van der Waals surface area contributed by atoms with Gasteiger partial charge in [-0.2, -0.15) is 0 Å². The quantitative estimate of drug-likeness (QED) is 0.290. The van der Waals surface area contributed by atoms with Crippen molar-refractivity contribution in [3.63, 3.8) is 0 Å². The van der Waals surface area contributed by atoms with Crippen LogP contribution in [0.5, 0.6) is 0 Å². The van der Waals surface area contributed by atoms with Gasteiger partial charge in [-0.3, -0.25) is 0 Å². The van der Waals surface area contributed by atoms with Crippen LogP contribution >= 0.6 is 0 Å². The Kier molecular flexibility index (Phi) is 1500. The van der Waals surface area contributed by atoms with E-state index in [1.807, 2.05) is 0 Å². The van der Waals surface area contributed by atoms with Crippen molar-refractivity contribution in [3.05, 3.63) is 0 Å². The molecular weight excluding hydrogens is 209 g/mol. The minimum Gasteiger partial charge on any atom is -1.00 e. The van der Waals surface area contributed by atoms with Gasteiger partial charge in [0.1, 0.15) is 0 Å². The van der Waals surface area contributed by atoms with Crippen molar-refractivity contribution >= 4 is 0 Å². The Bertz CT molecular complexity index is 14.0. The largest absolute Gasteiger partial charge is 5.00 e. The van der Waals surface area contributed by atoms with E-state index in [9.17, 15) is 0 Å². The van der Waals surface area contributed by atoms with Gasteiger partial charge in [0.15, 0.2) is 0 Å². The average Bonchev–Trinajstić information content (AvgIpc) is 0.918. The molecule has 0 aromatic heterocycles. The van der Waals surface area contributed by atoms with Crippen LogP contribution in [-0.4, -0.2) is 6.61 Å². The number of hydrogen-bond donors (Lipinski definition) is 0. The third-order valence-corrected chi connectivity index (χ3v) is 0. The van der Waals surface area contributed by atoms with Gasteiger partial charge in [0.2, 0.25) is 0 Å². The number of halogens is 4. The predicted octanol–water partition coefficient (Wildman–Crippen LogP) is -12.6. The Morgan fingerprint density at radius 1 is 1.00 bits per heavy atom. The SMILES string of the molecule is CC[O-].[F-].[F-].[F-].[F-].[Nb+5]. The molecule has 0 aliphatic carbocycles. The molecule has 0 saturated carbocycles. The van der Waals surface area contributed by atoms with Crippen molar-refractivity contribution in [2.45, 2.75) is 6.92 Å². The summed E-state index contributed by atoms with van der Waals surface area (Å²) in [4.78, 5) is 0. The molecule has 0 aliphatic rings. The van der Waals surface area contributed by atoms with E-state index in [1.165, 1.54) is 0 Å². The average molecular weight is 214 g/mol. The van der Waals surface area contributed by atoms with Gasteiger partial charge in [-0.1, -0.05) is 6.92 Å². The van der Waals surface area contributed by atoms with Gasteiger partial charge in [-0.15, -0.1) is 6.61 Å². The summed E-state index contributed by atoms with van der Waals surface area (Å²) in [6, 6.07) is 0. The van der Waals surface area contributed by atoms with Crippen molar-refractivity contribution in [3.8, 4) is 0 Å². The molecule has 0 bridgehead atoms. The third kappa shape index (κ3) is 1070. The van der Waals surface area contributed by atoms with Crippen LogP contribution in [0.3, 0.4) is 0 Å². The third-order valence-electron chi connectivity index (χ3n) is 0. The summed E-state index contributed by atoms with van der Waals surface area (Å²) in [6.45, 7) is 1.57. The molecule has 0 heterocycles. The topological polar surface area (TPSA) is 23.1 Å². The van der Waals surface area contributed by atoms with Gasteiger partial charge < -0.3 is 23.9 Å². The Labute approximate surface area is 60.4 Å². The van der Waals surface area contributed by atoms with Crippen molar-refractivity contribution in [1.29, 1.82) is 0 Å². The van der Waals surface area contributed by atoms with Crippen molar-refractivity contribution < 1.29 is 46.3 Å². The summed E-state index contributed by atoms with van der Waals surface area (Å²) in [7, 11) is 0. The maximum atomic E-state index is 8.93. The van der Waals surface area contributed by atoms with Gasteiger partial charge in [-0.05, 0) is 0 Å². The molecule has 0 saturated heterocycles. The predicted molar refractivity (Wildman–Crippen MR) is 10.5 cm³/mol. The molecule has 52 valence electrons. The molecule has 6 heteroatoms. The van der Waals surface area contributed by atoms with Gasteiger partial charge in [0.05, 0.1) is 0 Å². The zero-order valence-corrected chi connectivity index (χ0v) is 6.27. The van der Waals surface area contributed by atoms with Gasteiger partial charge in [0, 0.05) is 0 Å². The molecule has 0 aromatic carbocycles. The molecule has 0 N–H and O–H groups in total. The van der Waals surface area contributed by atoms with Gasteiger partial charge in [-0.25, -0.2) is 0 Å². The second-order valence-electron chi connectivity index (χ2n) is 0.289. The van der Waals surface area contributed by atoms with Crippen molar-refractivity contribution in [1.82, 2.24) is 0 Å². The Balaban J connectivity index is -0.00000000200. The van der Waals surface area contributed by atoms with Crippen molar-refractivity contribution in [2.75, 3.05) is 6.61 Å². The molecule has 0 radical (unpaired) electrons. The van der Waals surface area contributed by atoms with E-state index < -0.39 is 0 Å². The summed E-state index contributed by atoms with van der Waals surface area (Å²) in [5, 5.41) is 8.93. The van der Waals surface area contributed by atoms with Crippen LogP contribution < -0.4 is 23.9 Å². The van der Waals surface area contributed by atoms with E-state index in [4.69, 9.17) is 5.11 Å². The second kappa shape index (κ2) is 152. The minimum atomic E-state index is 0. The van der Waals surface area contributed by atoms with Crippen LogP contribution in [0.2, 0.25) is 0 Å². The van der Waals surface area contributed by atoms with Gasteiger partial charge >= 0.3 is 22.4 Å². The minimum absolute atomic E-state index is 0. The molecule has 0 spiro atoms. The molecule has 0 rings (SSSR count). The van der Waals surface area contributed by atoms with Crippen LogP contribution in [0.1, 0.15) is 6.92 Å². The fourth-order valence-electron chi connectivity index (χ4n) is 0. The molecule has 0 aliphatic heterocycles. The fraction of sp³-hybridized carbons (Fsp3) is 1.00. The van der Waals surface area contributed by atoms with Crippen LogP contribution in [0.4, 0.5) is 0 Å². The summed E-state index contributed by atoms with van der Waals surface area (Å²) >= 11 is 0. The maximum Gasteiger partial charge on any atom is 5.00 e. The zero-order chi connectivity index (χ0) is 2.71. The van der Waals surface area contributed by atoms with E-state index in [2.05, 4.69) is 0 Å². The normalized spacial score (nSPS) is 2.25. The number of rotatable bonds is 0. The van der Waals surface area contributed by atoms with E-state index in [-0.39, 0.29) is 47.8 Å². The first-order chi connectivity index (χ1) is 1.41. The van der Waals surface area contributed by atoms with Crippen LogP contribution in [0.25, 0.3) is 0 Å². The van der Waals surface area contributed by atoms with E-state index in [1.54, 1.807) is 6.92 Å². The molecule has 0 amide bonds. The molecule has 0 fully saturated rings. The first-order valence-corrected chi connectivity index (χ1v) is 0.996. The maximum absolute atomic E-state index is 8.93. The number of hydrogen-bond acceptors (Lipinski definition) is 1. The van der Waals surface area contributed by atoms with Gasteiger partial charge in [0.25, 0.3) is 0 Å². The molecule has 0 unspecified atom stereocenters. The molecule has 1 nitrogen and oxygen atoms in total. The Hall–Kier alpha value is 0.420. The molecular formula is C2H5F4NbO. The first-order valence-electron chi connectivity index (χ1n) is 0.996. The first kappa shape index (κ1) is 79.1.